The Hall–Kier alpha value is -1.45. The van der Waals surface area contributed by atoms with Crippen LogP contribution in [0.1, 0.15) is 32.8 Å². The van der Waals surface area contributed by atoms with E-state index in [0.717, 1.165) is 22.9 Å². The van der Waals surface area contributed by atoms with Gasteiger partial charge in [0, 0.05) is 10.6 Å². The molecule has 0 spiro atoms. The highest BCUT2D eigenvalue weighted by Gasteiger charge is 2.31. The van der Waals surface area contributed by atoms with Gasteiger partial charge in [0.05, 0.1) is 5.25 Å². The standard InChI is InChI=1S/C17H17ClO2S.C2H6/c1-3-11(2)10-15-16(19)14(17(20)21-15)9-6-12-4-7-13(18)8-5-12;1-2/h3-5,7-8,10,15,19H,1,6,9H2,2H3;1-2H3/b11-10+;. The van der Waals surface area contributed by atoms with Gasteiger partial charge in [-0.25, -0.2) is 0 Å². The first-order chi connectivity index (χ1) is 11.0. The number of aliphatic hydroxyl groups excluding tert-OH is 1. The number of carbonyl (C=O) groups excluding carboxylic acids is 1. The molecular formula is C19H23ClO2S. The van der Waals surface area contributed by atoms with E-state index in [9.17, 15) is 9.90 Å². The van der Waals surface area contributed by atoms with E-state index in [1.807, 2.05) is 51.1 Å². The molecule has 0 saturated carbocycles. The van der Waals surface area contributed by atoms with Crippen LogP contribution in [-0.2, 0) is 11.2 Å². The van der Waals surface area contributed by atoms with Gasteiger partial charge in [0.2, 0.25) is 5.12 Å². The van der Waals surface area contributed by atoms with Crippen molar-refractivity contribution in [2.75, 3.05) is 0 Å². The number of aryl methyl sites for hydroxylation is 1. The van der Waals surface area contributed by atoms with Gasteiger partial charge in [0.25, 0.3) is 0 Å². The molecule has 1 N–H and O–H groups in total. The zero-order valence-electron chi connectivity index (χ0n) is 13.8. The molecule has 1 aromatic carbocycles. The molecule has 23 heavy (non-hydrogen) atoms. The lowest BCUT2D eigenvalue weighted by molar-refractivity contribution is -0.107. The van der Waals surface area contributed by atoms with Gasteiger partial charge in [-0.2, -0.15) is 0 Å². The van der Waals surface area contributed by atoms with Gasteiger partial charge in [-0.15, -0.1) is 0 Å². The fourth-order valence-electron chi connectivity index (χ4n) is 2.09. The van der Waals surface area contributed by atoms with Crippen molar-refractivity contribution >= 4 is 28.5 Å². The molecule has 2 rings (SSSR count). The SMILES string of the molecule is C=C/C(C)=C/C1SC(=O)C(CCc2ccc(Cl)cc2)=C1O.CC. The average Bonchev–Trinajstić information content (AvgIpc) is 2.82. The summed E-state index contributed by atoms with van der Waals surface area (Å²) in [6.07, 6.45) is 4.82. The van der Waals surface area contributed by atoms with Gasteiger partial charge in [-0.1, -0.05) is 73.6 Å². The van der Waals surface area contributed by atoms with Gasteiger partial charge in [0.1, 0.15) is 5.76 Å². The summed E-state index contributed by atoms with van der Waals surface area (Å²) in [5.41, 5.74) is 2.57. The fourth-order valence-corrected chi connectivity index (χ4v) is 3.33. The molecule has 0 amide bonds. The number of rotatable bonds is 5. The molecule has 0 radical (unpaired) electrons. The summed E-state index contributed by atoms with van der Waals surface area (Å²) in [7, 11) is 0. The maximum absolute atomic E-state index is 12.0. The van der Waals surface area contributed by atoms with Crippen LogP contribution in [0.25, 0.3) is 0 Å². The zero-order chi connectivity index (χ0) is 17.4. The molecule has 0 aliphatic carbocycles. The summed E-state index contributed by atoms with van der Waals surface area (Å²) in [4.78, 5) is 12.0. The minimum Gasteiger partial charge on any atom is -0.510 e. The van der Waals surface area contributed by atoms with E-state index in [4.69, 9.17) is 11.6 Å². The number of hydrogen-bond acceptors (Lipinski definition) is 3. The predicted octanol–water partition coefficient (Wildman–Crippen LogP) is 5.89. The average molecular weight is 351 g/mol. The second kappa shape index (κ2) is 9.64. The first kappa shape index (κ1) is 19.6. The summed E-state index contributed by atoms with van der Waals surface area (Å²) < 4.78 is 0. The van der Waals surface area contributed by atoms with E-state index >= 15 is 0 Å². The third-order valence-electron chi connectivity index (χ3n) is 3.37. The van der Waals surface area contributed by atoms with Crippen molar-refractivity contribution in [2.45, 2.75) is 38.9 Å². The van der Waals surface area contributed by atoms with Crippen molar-refractivity contribution < 1.29 is 9.90 Å². The maximum atomic E-state index is 12.0. The van der Waals surface area contributed by atoms with Crippen molar-refractivity contribution in [1.82, 2.24) is 0 Å². The van der Waals surface area contributed by atoms with Gasteiger partial charge < -0.3 is 5.11 Å². The first-order valence-corrected chi connectivity index (χ1v) is 8.95. The van der Waals surface area contributed by atoms with Gasteiger partial charge in [-0.3, -0.25) is 4.79 Å². The second-order valence-corrected chi connectivity index (χ2v) is 6.48. The maximum Gasteiger partial charge on any atom is 0.219 e. The largest absolute Gasteiger partial charge is 0.510 e. The third-order valence-corrected chi connectivity index (χ3v) is 4.70. The van der Waals surface area contributed by atoms with Crippen molar-refractivity contribution in [3.8, 4) is 0 Å². The Morgan fingerprint density at radius 1 is 1.30 bits per heavy atom. The third kappa shape index (κ3) is 5.60. The lowest BCUT2D eigenvalue weighted by Gasteiger charge is -2.04. The number of thioether (sulfide) groups is 1. The Labute approximate surface area is 147 Å². The molecule has 124 valence electrons. The van der Waals surface area contributed by atoms with Crippen LogP contribution in [0.5, 0.6) is 0 Å². The smallest absolute Gasteiger partial charge is 0.219 e. The molecule has 1 atom stereocenters. The summed E-state index contributed by atoms with van der Waals surface area (Å²) in [6, 6.07) is 7.53. The van der Waals surface area contributed by atoms with Gasteiger partial charge >= 0.3 is 0 Å². The summed E-state index contributed by atoms with van der Waals surface area (Å²) in [5, 5.41) is 10.6. The molecule has 1 unspecified atom stereocenters. The van der Waals surface area contributed by atoms with Crippen LogP contribution >= 0.6 is 23.4 Å². The second-order valence-electron chi connectivity index (χ2n) is 4.93. The Morgan fingerprint density at radius 2 is 1.91 bits per heavy atom. The van der Waals surface area contributed by atoms with E-state index in [1.54, 1.807) is 6.08 Å². The predicted molar refractivity (Wildman–Crippen MR) is 101 cm³/mol. The van der Waals surface area contributed by atoms with Gasteiger partial charge in [0.15, 0.2) is 0 Å². The topological polar surface area (TPSA) is 37.3 Å². The number of hydrogen-bond donors (Lipinski definition) is 1. The molecule has 0 fully saturated rings. The van der Waals surface area contributed by atoms with Crippen LogP contribution in [0.2, 0.25) is 5.02 Å². The van der Waals surface area contributed by atoms with E-state index < -0.39 is 0 Å². The van der Waals surface area contributed by atoms with Crippen LogP contribution in [0, 0.1) is 0 Å². The van der Waals surface area contributed by atoms with Crippen molar-refractivity contribution in [3.05, 3.63) is 70.5 Å². The summed E-state index contributed by atoms with van der Waals surface area (Å²) >= 11 is 7.00. The Bertz CT molecular complexity index is 615. The van der Waals surface area contributed by atoms with Crippen molar-refractivity contribution in [3.63, 3.8) is 0 Å². The summed E-state index contributed by atoms with van der Waals surface area (Å²) in [5.74, 6) is 0.181. The molecular weight excluding hydrogens is 328 g/mol. The van der Waals surface area contributed by atoms with Crippen molar-refractivity contribution in [1.29, 1.82) is 0 Å². The highest BCUT2D eigenvalue weighted by atomic mass is 35.5. The fraction of sp³-hybridized carbons (Fsp3) is 0.316. The normalized spacial score (nSPS) is 17.8. The van der Waals surface area contributed by atoms with E-state index in [0.29, 0.717) is 23.4 Å². The van der Waals surface area contributed by atoms with Crippen molar-refractivity contribution in [2.24, 2.45) is 0 Å². The minimum absolute atomic E-state index is 0.0421. The number of halogens is 1. The molecule has 2 nitrogen and oxygen atoms in total. The lowest BCUT2D eigenvalue weighted by atomic mass is 10.0. The van der Waals surface area contributed by atoms with Crippen LogP contribution in [0.4, 0.5) is 0 Å². The molecule has 0 aromatic heterocycles. The Morgan fingerprint density at radius 3 is 2.48 bits per heavy atom. The molecule has 0 bridgehead atoms. The summed E-state index contributed by atoms with van der Waals surface area (Å²) in [6.45, 7) is 9.58. The van der Waals surface area contributed by atoms with Crippen LogP contribution in [0.15, 0.2) is 59.9 Å². The van der Waals surface area contributed by atoms with E-state index in [2.05, 4.69) is 6.58 Å². The van der Waals surface area contributed by atoms with Gasteiger partial charge in [-0.05, 0) is 37.5 Å². The monoisotopic (exact) mass is 350 g/mol. The first-order valence-electron chi connectivity index (χ1n) is 7.69. The number of allylic oxidation sites excluding steroid dienone is 2. The highest BCUT2D eigenvalue weighted by molar-refractivity contribution is 8.15. The van der Waals surface area contributed by atoms with Crippen LogP contribution in [-0.4, -0.2) is 15.5 Å². The van der Waals surface area contributed by atoms with E-state index in [1.165, 1.54) is 0 Å². The van der Waals surface area contributed by atoms with Crippen LogP contribution in [0.3, 0.4) is 0 Å². The number of benzene rings is 1. The number of carbonyl (C=O) groups is 1. The van der Waals surface area contributed by atoms with E-state index in [-0.39, 0.29) is 16.1 Å². The zero-order valence-corrected chi connectivity index (χ0v) is 15.4. The van der Waals surface area contributed by atoms with Crippen LogP contribution < -0.4 is 0 Å². The molecule has 1 aliphatic heterocycles. The highest BCUT2D eigenvalue weighted by Crippen LogP contribution is 2.36. The molecule has 4 heteroatoms. The molecule has 1 aromatic rings. The lowest BCUT2D eigenvalue weighted by Crippen LogP contribution is -2.00. The quantitative estimate of drug-likeness (QED) is 0.673. The molecule has 1 aliphatic rings. The Kier molecular flexibility index (Phi) is 8.21. The molecule has 0 saturated heterocycles. The molecule has 1 heterocycles. The minimum atomic E-state index is -0.282. The Balaban J connectivity index is 0.00000127. The number of aliphatic hydroxyl groups is 1.